The summed E-state index contributed by atoms with van der Waals surface area (Å²) >= 11 is 5.98. The molecule has 0 aliphatic rings. The van der Waals surface area contributed by atoms with Crippen molar-refractivity contribution in [2.75, 3.05) is 0 Å². The summed E-state index contributed by atoms with van der Waals surface area (Å²) < 4.78 is 0. The van der Waals surface area contributed by atoms with E-state index in [4.69, 9.17) is 22.7 Å². The predicted molar refractivity (Wildman–Crippen MR) is 57.8 cm³/mol. The lowest BCUT2D eigenvalue weighted by Gasteiger charge is -2.04. The number of halogens is 1. The first-order valence-corrected chi connectivity index (χ1v) is 4.45. The molecule has 0 amide bonds. The third kappa shape index (κ3) is 1.32. The highest BCUT2D eigenvalue weighted by molar-refractivity contribution is 6.36. The number of fused-ring (bicyclic) bond motifs is 1. The monoisotopic (exact) mass is 205 g/mol. The number of nitrogens with zero attached hydrogens (tertiary/aromatic N) is 1. The van der Waals surface area contributed by atoms with E-state index in [1.54, 1.807) is 24.4 Å². The average Bonchev–Trinajstić information content (AvgIpc) is 2.18. The van der Waals surface area contributed by atoms with Gasteiger partial charge in [-0.05, 0) is 24.3 Å². The van der Waals surface area contributed by atoms with Crippen LogP contribution in [0, 0.1) is 5.41 Å². The summed E-state index contributed by atoms with van der Waals surface area (Å²) in [5.41, 5.74) is 6.72. The van der Waals surface area contributed by atoms with Gasteiger partial charge in [0, 0.05) is 17.1 Å². The highest BCUT2D eigenvalue weighted by Gasteiger charge is 2.06. The SMILES string of the molecule is N=C(N)c1ccc(Cl)c2cccnc12. The van der Waals surface area contributed by atoms with Crippen LogP contribution >= 0.6 is 11.6 Å². The molecule has 14 heavy (non-hydrogen) atoms. The van der Waals surface area contributed by atoms with Gasteiger partial charge in [-0.3, -0.25) is 10.4 Å². The molecule has 2 aromatic rings. The van der Waals surface area contributed by atoms with Gasteiger partial charge < -0.3 is 5.73 Å². The third-order valence-electron chi connectivity index (χ3n) is 2.01. The zero-order chi connectivity index (χ0) is 10.1. The van der Waals surface area contributed by atoms with Crippen LogP contribution in [0.5, 0.6) is 0 Å². The maximum Gasteiger partial charge on any atom is 0.125 e. The van der Waals surface area contributed by atoms with E-state index in [2.05, 4.69) is 4.98 Å². The summed E-state index contributed by atoms with van der Waals surface area (Å²) in [6, 6.07) is 7.09. The van der Waals surface area contributed by atoms with Gasteiger partial charge in [0.25, 0.3) is 0 Å². The highest BCUT2D eigenvalue weighted by Crippen LogP contribution is 2.24. The first-order valence-electron chi connectivity index (χ1n) is 4.08. The maximum absolute atomic E-state index is 7.38. The number of pyridine rings is 1. The molecule has 0 unspecified atom stereocenters. The van der Waals surface area contributed by atoms with Crippen molar-refractivity contribution in [3.8, 4) is 0 Å². The molecule has 70 valence electrons. The number of hydrogen-bond acceptors (Lipinski definition) is 2. The zero-order valence-electron chi connectivity index (χ0n) is 7.29. The van der Waals surface area contributed by atoms with E-state index >= 15 is 0 Å². The Morgan fingerprint density at radius 3 is 2.86 bits per heavy atom. The number of hydrogen-bond donors (Lipinski definition) is 2. The second-order valence-electron chi connectivity index (χ2n) is 2.91. The summed E-state index contributed by atoms with van der Waals surface area (Å²) in [5.74, 6) is 0.00497. The van der Waals surface area contributed by atoms with Crippen LogP contribution in [0.4, 0.5) is 0 Å². The molecule has 0 aliphatic heterocycles. The number of rotatable bonds is 1. The quantitative estimate of drug-likeness (QED) is 0.554. The van der Waals surface area contributed by atoms with Gasteiger partial charge >= 0.3 is 0 Å². The van der Waals surface area contributed by atoms with Crippen LogP contribution < -0.4 is 5.73 Å². The van der Waals surface area contributed by atoms with Crippen molar-refractivity contribution in [3.63, 3.8) is 0 Å². The number of aromatic nitrogens is 1. The van der Waals surface area contributed by atoms with Gasteiger partial charge in [-0.25, -0.2) is 0 Å². The molecule has 0 aliphatic carbocycles. The lowest BCUT2D eigenvalue weighted by Crippen LogP contribution is -2.11. The minimum Gasteiger partial charge on any atom is -0.384 e. The molecule has 0 fully saturated rings. The molecule has 0 bridgehead atoms. The molecule has 0 saturated heterocycles. The normalized spacial score (nSPS) is 10.4. The van der Waals surface area contributed by atoms with Crippen molar-refractivity contribution >= 4 is 28.3 Å². The molecular weight excluding hydrogens is 198 g/mol. The Balaban J connectivity index is 2.88. The van der Waals surface area contributed by atoms with E-state index in [9.17, 15) is 0 Å². The Hall–Kier alpha value is -1.61. The summed E-state index contributed by atoms with van der Waals surface area (Å²) in [5, 5.41) is 8.83. The van der Waals surface area contributed by atoms with E-state index < -0.39 is 0 Å². The van der Waals surface area contributed by atoms with Crippen molar-refractivity contribution < 1.29 is 0 Å². The van der Waals surface area contributed by atoms with Gasteiger partial charge in [-0.1, -0.05) is 11.6 Å². The maximum atomic E-state index is 7.38. The molecule has 2 rings (SSSR count). The number of nitrogen functional groups attached to an aromatic ring is 1. The number of benzene rings is 1. The lowest BCUT2D eigenvalue weighted by atomic mass is 10.1. The van der Waals surface area contributed by atoms with Crippen LogP contribution in [0.15, 0.2) is 30.5 Å². The van der Waals surface area contributed by atoms with Crippen LogP contribution in [0.25, 0.3) is 10.9 Å². The second-order valence-corrected chi connectivity index (χ2v) is 3.32. The van der Waals surface area contributed by atoms with E-state index in [1.807, 2.05) is 6.07 Å². The molecule has 0 radical (unpaired) electrons. The smallest absolute Gasteiger partial charge is 0.125 e. The molecule has 1 heterocycles. The van der Waals surface area contributed by atoms with Crippen LogP contribution in [0.2, 0.25) is 5.02 Å². The van der Waals surface area contributed by atoms with Gasteiger partial charge in [0.1, 0.15) is 5.84 Å². The Kier molecular flexibility index (Phi) is 2.09. The van der Waals surface area contributed by atoms with Crippen LogP contribution in [0.3, 0.4) is 0 Å². The fourth-order valence-corrected chi connectivity index (χ4v) is 1.57. The summed E-state index contributed by atoms with van der Waals surface area (Å²) in [6.45, 7) is 0. The number of nitrogens with one attached hydrogen (secondary N) is 1. The highest BCUT2D eigenvalue weighted by atomic mass is 35.5. The van der Waals surface area contributed by atoms with Gasteiger partial charge in [-0.15, -0.1) is 0 Å². The third-order valence-corrected chi connectivity index (χ3v) is 2.34. The molecule has 0 atom stereocenters. The average molecular weight is 206 g/mol. The van der Waals surface area contributed by atoms with Crippen molar-refractivity contribution in [2.45, 2.75) is 0 Å². The molecule has 3 N–H and O–H groups in total. The molecule has 1 aromatic heterocycles. The standard InChI is InChI=1S/C10H8ClN3/c11-8-4-3-7(10(12)13)9-6(8)2-1-5-14-9/h1-5H,(H3,12,13). The minimum absolute atomic E-state index is 0.00497. The number of amidine groups is 1. The van der Waals surface area contributed by atoms with E-state index in [1.165, 1.54) is 0 Å². The minimum atomic E-state index is 0.00497. The Morgan fingerprint density at radius 2 is 2.14 bits per heavy atom. The molecule has 0 spiro atoms. The fourth-order valence-electron chi connectivity index (χ4n) is 1.36. The first kappa shape index (κ1) is 8.97. The predicted octanol–water partition coefficient (Wildman–Crippen LogP) is 2.17. The summed E-state index contributed by atoms with van der Waals surface area (Å²) in [4.78, 5) is 4.16. The van der Waals surface area contributed by atoms with Gasteiger partial charge in [0.15, 0.2) is 0 Å². The van der Waals surface area contributed by atoms with E-state index in [0.29, 0.717) is 16.1 Å². The number of nitrogens with two attached hydrogens (primary N) is 1. The van der Waals surface area contributed by atoms with Crippen molar-refractivity contribution in [1.29, 1.82) is 5.41 Å². The molecule has 0 saturated carbocycles. The molecule has 1 aromatic carbocycles. The van der Waals surface area contributed by atoms with Gasteiger partial charge in [0.2, 0.25) is 0 Å². The van der Waals surface area contributed by atoms with Crippen LogP contribution in [-0.4, -0.2) is 10.8 Å². The Labute approximate surface area is 86.0 Å². The molecule has 3 nitrogen and oxygen atoms in total. The summed E-state index contributed by atoms with van der Waals surface area (Å²) in [6.07, 6.45) is 1.66. The largest absolute Gasteiger partial charge is 0.384 e. The first-order chi connectivity index (χ1) is 6.70. The Bertz CT molecular complexity index is 508. The van der Waals surface area contributed by atoms with Crippen LogP contribution in [-0.2, 0) is 0 Å². The fraction of sp³-hybridized carbons (Fsp3) is 0. The van der Waals surface area contributed by atoms with Gasteiger partial charge in [-0.2, -0.15) is 0 Å². The summed E-state index contributed by atoms with van der Waals surface area (Å²) in [7, 11) is 0. The van der Waals surface area contributed by atoms with Crippen molar-refractivity contribution in [1.82, 2.24) is 4.98 Å². The lowest BCUT2D eigenvalue weighted by molar-refractivity contribution is 1.38. The van der Waals surface area contributed by atoms with Gasteiger partial charge in [0.05, 0.1) is 10.5 Å². The van der Waals surface area contributed by atoms with E-state index in [0.717, 1.165) is 5.39 Å². The Morgan fingerprint density at radius 1 is 1.36 bits per heavy atom. The molecular formula is C10H8ClN3. The zero-order valence-corrected chi connectivity index (χ0v) is 8.05. The second kappa shape index (κ2) is 3.27. The van der Waals surface area contributed by atoms with Crippen LogP contribution in [0.1, 0.15) is 5.56 Å². The topological polar surface area (TPSA) is 62.8 Å². The molecule has 4 heteroatoms. The van der Waals surface area contributed by atoms with Crippen molar-refractivity contribution in [2.24, 2.45) is 5.73 Å². The van der Waals surface area contributed by atoms with E-state index in [-0.39, 0.29) is 5.84 Å². The van der Waals surface area contributed by atoms with Crippen molar-refractivity contribution in [3.05, 3.63) is 41.0 Å².